The summed E-state index contributed by atoms with van der Waals surface area (Å²) < 4.78 is 0. The molecule has 0 N–H and O–H groups in total. The fraction of sp³-hybridized carbons (Fsp3) is 0.167. The monoisotopic (exact) mass is 648 g/mol. The third-order valence-corrected chi connectivity index (χ3v) is 10.4. The normalized spacial score (nSPS) is 11.2. The van der Waals surface area contributed by atoms with E-state index in [9.17, 15) is 0 Å². The van der Waals surface area contributed by atoms with Gasteiger partial charge in [-0.2, -0.15) is 0 Å². The van der Waals surface area contributed by atoms with Crippen LogP contribution < -0.4 is 0 Å². The van der Waals surface area contributed by atoms with Crippen LogP contribution in [0.2, 0.25) is 0 Å². The SMILES string of the molecule is Cc1ccccc1-c1cc(-c2c(C)cc(C)c(-c3ccccn3)c2C)c(-c2ccccc2C)cc1-c1c(C)cc(C)c(-c2ccccn2)c1C. The second-order valence-corrected chi connectivity index (χ2v) is 13.8. The van der Waals surface area contributed by atoms with Crippen molar-refractivity contribution in [1.29, 1.82) is 0 Å². The summed E-state index contributed by atoms with van der Waals surface area (Å²) in [5.41, 5.74) is 24.4. The van der Waals surface area contributed by atoms with Crippen molar-refractivity contribution in [2.24, 2.45) is 0 Å². The molecule has 7 rings (SSSR count). The smallest absolute Gasteiger partial charge is 0.0707 e. The molecule has 0 unspecified atom stereocenters. The van der Waals surface area contributed by atoms with Crippen LogP contribution in [0.3, 0.4) is 0 Å². The molecule has 0 spiro atoms. The number of hydrogen-bond donors (Lipinski definition) is 0. The summed E-state index contributed by atoms with van der Waals surface area (Å²) in [6, 6.07) is 39.6. The lowest BCUT2D eigenvalue weighted by atomic mass is 9.78. The molecule has 0 aliphatic carbocycles. The molecule has 0 fully saturated rings. The van der Waals surface area contributed by atoms with Crippen LogP contribution in [0.25, 0.3) is 67.0 Å². The van der Waals surface area contributed by atoms with Gasteiger partial charge in [0.05, 0.1) is 11.4 Å². The van der Waals surface area contributed by atoms with Gasteiger partial charge in [0, 0.05) is 23.5 Å². The third-order valence-electron chi connectivity index (χ3n) is 10.4. The third kappa shape index (κ3) is 5.75. The Morgan fingerprint density at radius 2 is 0.660 bits per heavy atom. The maximum absolute atomic E-state index is 4.81. The van der Waals surface area contributed by atoms with E-state index in [0.29, 0.717) is 0 Å². The number of aromatic nitrogens is 2. The number of rotatable bonds is 6. The maximum atomic E-state index is 4.81. The highest BCUT2D eigenvalue weighted by Gasteiger charge is 2.24. The summed E-state index contributed by atoms with van der Waals surface area (Å²) in [5, 5.41) is 0. The molecular formula is C48H44N2. The van der Waals surface area contributed by atoms with Gasteiger partial charge in [-0.15, -0.1) is 0 Å². The van der Waals surface area contributed by atoms with Crippen LogP contribution in [0.5, 0.6) is 0 Å². The molecule has 0 atom stereocenters. The minimum Gasteiger partial charge on any atom is -0.256 e. The number of aryl methyl sites for hydroxylation is 6. The molecule has 0 saturated carbocycles. The Hall–Kier alpha value is -5.60. The fourth-order valence-electron chi connectivity index (χ4n) is 8.22. The molecule has 2 heterocycles. The van der Waals surface area contributed by atoms with Crippen LogP contribution in [0.15, 0.2) is 122 Å². The lowest BCUT2D eigenvalue weighted by Crippen LogP contribution is -2.02. The summed E-state index contributed by atoms with van der Waals surface area (Å²) in [5.74, 6) is 0. The maximum Gasteiger partial charge on any atom is 0.0707 e. The van der Waals surface area contributed by atoms with E-state index in [-0.39, 0.29) is 0 Å². The van der Waals surface area contributed by atoms with E-state index in [2.05, 4.69) is 152 Å². The van der Waals surface area contributed by atoms with Gasteiger partial charge in [-0.3, -0.25) is 9.97 Å². The second kappa shape index (κ2) is 13.4. The lowest BCUT2D eigenvalue weighted by Gasteiger charge is -2.25. The Balaban J connectivity index is 1.64. The highest BCUT2D eigenvalue weighted by Crippen LogP contribution is 2.48. The Labute approximate surface area is 297 Å². The molecule has 2 aromatic heterocycles. The number of benzene rings is 5. The second-order valence-electron chi connectivity index (χ2n) is 13.8. The minimum atomic E-state index is 1.00. The summed E-state index contributed by atoms with van der Waals surface area (Å²) in [4.78, 5) is 9.63. The van der Waals surface area contributed by atoms with Gasteiger partial charge in [-0.1, -0.05) is 72.8 Å². The van der Waals surface area contributed by atoms with Gasteiger partial charge in [0.1, 0.15) is 0 Å². The van der Waals surface area contributed by atoms with Crippen LogP contribution in [0.1, 0.15) is 44.5 Å². The van der Waals surface area contributed by atoms with Crippen molar-refractivity contribution in [2.75, 3.05) is 0 Å². The van der Waals surface area contributed by atoms with Crippen molar-refractivity contribution < 1.29 is 0 Å². The van der Waals surface area contributed by atoms with Gasteiger partial charge >= 0.3 is 0 Å². The standard InChI is InChI=1S/C48H44N2/c1-29-17-9-11-19-37(29)39-27-42(46-32(4)26-34(6)48(36(46)8)44-22-14-16-24-50-44)40(38-20-12-10-18-30(38)2)28-41(39)45-31(3)25-33(5)47(35(45)7)43-21-13-15-23-49-43/h9-28H,1-8H3. The first-order valence-electron chi connectivity index (χ1n) is 17.5. The van der Waals surface area contributed by atoms with Crippen molar-refractivity contribution in [2.45, 2.75) is 55.4 Å². The predicted octanol–water partition coefficient (Wildman–Crippen LogP) is 12.9. The first kappa shape index (κ1) is 32.9. The number of nitrogens with zero attached hydrogens (tertiary/aromatic N) is 2. The van der Waals surface area contributed by atoms with E-state index in [0.717, 1.165) is 11.4 Å². The van der Waals surface area contributed by atoms with Gasteiger partial charge < -0.3 is 0 Å². The largest absolute Gasteiger partial charge is 0.256 e. The highest BCUT2D eigenvalue weighted by molar-refractivity contribution is 6.00. The quantitative estimate of drug-likeness (QED) is 0.179. The first-order valence-corrected chi connectivity index (χ1v) is 17.5. The van der Waals surface area contributed by atoms with Crippen LogP contribution in [-0.4, -0.2) is 9.97 Å². The highest BCUT2D eigenvalue weighted by atomic mass is 14.7. The van der Waals surface area contributed by atoms with Crippen molar-refractivity contribution in [1.82, 2.24) is 9.97 Å². The zero-order valence-corrected chi connectivity index (χ0v) is 30.4. The molecule has 2 nitrogen and oxygen atoms in total. The van der Waals surface area contributed by atoms with Gasteiger partial charge in [-0.25, -0.2) is 0 Å². The topological polar surface area (TPSA) is 25.8 Å². The van der Waals surface area contributed by atoms with Crippen LogP contribution in [0, 0.1) is 55.4 Å². The van der Waals surface area contributed by atoms with Crippen molar-refractivity contribution in [3.8, 4) is 67.0 Å². The average Bonchev–Trinajstić information content (AvgIpc) is 3.10. The molecule has 0 aliphatic heterocycles. The molecule has 0 bridgehead atoms. The van der Waals surface area contributed by atoms with Gasteiger partial charge in [0.15, 0.2) is 0 Å². The molecule has 2 heteroatoms. The molecule has 5 aromatic carbocycles. The van der Waals surface area contributed by atoms with E-state index in [4.69, 9.17) is 9.97 Å². The Morgan fingerprint density at radius 1 is 0.300 bits per heavy atom. The van der Waals surface area contributed by atoms with E-state index < -0.39 is 0 Å². The van der Waals surface area contributed by atoms with E-state index in [1.165, 1.54) is 100 Å². The average molecular weight is 649 g/mol. The van der Waals surface area contributed by atoms with Crippen molar-refractivity contribution >= 4 is 0 Å². The van der Waals surface area contributed by atoms with Crippen LogP contribution in [-0.2, 0) is 0 Å². The molecule has 0 saturated heterocycles. The van der Waals surface area contributed by atoms with Crippen LogP contribution >= 0.6 is 0 Å². The Bertz CT molecular complexity index is 2210. The van der Waals surface area contributed by atoms with E-state index in [1.54, 1.807) is 0 Å². The van der Waals surface area contributed by atoms with Crippen LogP contribution in [0.4, 0.5) is 0 Å². The lowest BCUT2D eigenvalue weighted by molar-refractivity contribution is 1.26. The number of hydrogen-bond acceptors (Lipinski definition) is 2. The molecule has 7 aromatic rings. The molecule has 0 radical (unpaired) electrons. The molecule has 0 aliphatic rings. The molecular weight excluding hydrogens is 605 g/mol. The molecule has 0 amide bonds. The zero-order valence-electron chi connectivity index (χ0n) is 30.4. The fourth-order valence-corrected chi connectivity index (χ4v) is 8.22. The first-order chi connectivity index (χ1) is 24.2. The van der Waals surface area contributed by atoms with E-state index in [1.807, 2.05) is 24.5 Å². The zero-order chi connectivity index (χ0) is 35.1. The Kier molecular flexibility index (Phi) is 8.80. The van der Waals surface area contributed by atoms with Gasteiger partial charge in [-0.05, 0) is 181 Å². The van der Waals surface area contributed by atoms with Gasteiger partial charge in [0.2, 0.25) is 0 Å². The molecule has 246 valence electrons. The summed E-state index contributed by atoms with van der Waals surface area (Å²) in [7, 11) is 0. The summed E-state index contributed by atoms with van der Waals surface area (Å²) >= 11 is 0. The van der Waals surface area contributed by atoms with Crippen molar-refractivity contribution in [3.63, 3.8) is 0 Å². The van der Waals surface area contributed by atoms with Crippen molar-refractivity contribution in [3.05, 3.63) is 166 Å². The Morgan fingerprint density at radius 3 is 1.02 bits per heavy atom. The van der Waals surface area contributed by atoms with E-state index >= 15 is 0 Å². The minimum absolute atomic E-state index is 1.00. The summed E-state index contributed by atoms with van der Waals surface area (Å²) in [6.07, 6.45) is 3.78. The molecule has 50 heavy (non-hydrogen) atoms. The van der Waals surface area contributed by atoms with Gasteiger partial charge in [0.25, 0.3) is 0 Å². The number of pyridine rings is 2. The predicted molar refractivity (Wildman–Crippen MR) is 213 cm³/mol. The summed E-state index contributed by atoms with van der Waals surface area (Å²) in [6.45, 7) is 17.9.